The smallest absolute Gasteiger partial charge is 0.0573 e. The monoisotopic (exact) mass is 240 g/mol. The molecule has 2 nitrogen and oxygen atoms in total. The van der Waals surface area contributed by atoms with Crippen LogP contribution in [0.1, 0.15) is 65.2 Å². The summed E-state index contributed by atoms with van der Waals surface area (Å²) in [5.74, 6) is 0.910. The molecule has 0 aliphatic heterocycles. The maximum absolute atomic E-state index is 10.4. The molecule has 2 bridgehead atoms. The Labute approximate surface area is 105 Å². The predicted octanol–water partition coefficient (Wildman–Crippen LogP) is 3.11. The van der Waals surface area contributed by atoms with E-state index in [0.717, 1.165) is 32.1 Å². The van der Waals surface area contributed by atoms with Crippen LogP contribution in [0.5, 0.6) is 0 Å². The third-order valence-electron chi connectivity index (χ3n) is 5.02. The zero-order valence-electron chi connectivity index (χ0n) is 11.4. The van der Waals surface area contributed by atoms with Gasteiger partial charge in [0.1, 0.15) is 0 Å². The summed E-state index contributed by atoms with van der Waals surface area (Å²) in [6, 6.07) is 0. The summed E-state index contributed by atoms with van der Waals surface area (Å²) in [7, 11) is 0. The van der Waals surface area contributed by atoms with E-state index in [1.54, 1.807) is 0 Å². The van der Waals surface area contributed by atoms with Gasteiger partial charge in [-0.05, 0) is 62.2 Å². The molecule has 100 valence electrons. The largest absolute Gasteiger partial charge is 0.393 e. The maximum atomic E-state index is 10.4. The van der Waals surface area contributed by atoms with Crippen molar-refractivity contribution >= 4 is 0 Å². The molecule has 2 saturated carbocycles. The highest BCUT2D eigenvalue weighted by Gasteiger charge is 2.33. The van der Waals surface area contributed by atoms with E-state index in [0.29, 0.717) is 11.8 Å². The van der Waals surface area contributed by atoms with Crippen molar-refractivity contribution in [3.8, 4) is 0 Å². The van der Waals surface area contributed by atoms with Gasteiger partial charge in [0, 0.05) is 0 Å². The lowest BCUT2D eigenvalue weighted by atomic mass is 9.76. The zero-order chi connectivity index (χ0) is 12.5. The Hall–Kier alpha value is -0.0800. The fourth-order valence-corrected chi connectivity index (χ4v) is 3.78. The van der Waals surface area contributed by atoms with Gasteiger partial charge in [-0.2, -0.15) is 0 Å². The Bertz CT molecular complexity index is 249. The Morgan fingerprint density at radius 3 is 2.12 bits per heavy atom. The molecule has 0 aromatic rings. The van der Waals surface area contributed by atoms with Crippen LogP contribution in [0, 0.1) is 17.3 Å². The highest BCUT2D eigenvalue weighted by molar-refractivity contribution is 4.85. The van der Waals surface area contributed by atoms with Crippen molar-refractivity contribution in [1.82, 2.24) is 0 Å². The second-order valence-electron chi connectivity index (χ2n) is 7.07. The predicted molar refractivity (Wildman–Crippen MR) is 69.7 cm³/mol. The summed E-state index contributed by atoms with van der Waals surface area (Å²) in [5.41, 5.74) is 0.259. The molecule has 0 amide bonds. The number of hydrogen-bond acceptors (Lipinski definition) is 2. The van der Waals surface area contributed by atoms with E-state index < -0.39 is 0 Å². The average Bonchev–Trinajstić information content (AvgIpc) is 2.41. The van der Waals surface area contributed by atoms with E-state index in [1.807, 2.05) is 0 Å². The molecule has 4 atom stereocenters. The molecule has 2 unspecified atom stereocenters. The van der Waals surface area contributed by atoms with Gasteiger partial charge in [0.25, 0.3) is 0 Å². The standard InChI is InChI=1S/C15H28O2/c1-15(2)9-3-4-11-5-6-12(14(17)10-15)7-8-13(11)16/h11-14,16-17H,3-10H2,1-2H3/t11?,12?,13-,14+/m0/s1. The fourth-order valence-electron chi connectivity index (χ4n) is 3.78. The first-order chi connectivity index (χ1) is 7.98. The average molecular weight is 240 g/mol. The van der Waals surface area contributed by atoms with Gasteiger partial charge in [-0.1, -0.05) is 20.3 Å². The van der Waals surface area contributed by atoms with E-state index in [-0.39, 0.29) is 17.6 Å². The van der Waals surface area contributed by atoms with Crippen molar-refractivity contribution in [3.63, 3.8) is 0 Å². The first kappa shape index (κ1) is 13.4. The van der Waals surface area contributed by atoms with Crippen LogP contribution in [-0.4, -0.2) is 22.4 Å². The molecule has 0 radical (unpaired) electrons. The van der Waals surface area contributed by atoms with Crippen molar-refractivity contribution in [2.45, 2.75) is 77.4 Å². The van der Waals surface area contributed by atoms with Crippen molar-refractivity contribution in [2.24, 2.45) is 17.3 Å². The second-order valence-corrected chi connectivity index (χ2v) is 7.07. The van der Waals surface area contributed by atoms with Crippen LogP contribution in [0.4, 0.5) is 0 Å². The topological polar surface area (TPSA) is 40.5 Å². The van der Waals surface area contributed by atoms with E-state index in [4.69, 9.17) is 0 Å². The molecule has 2 N–H and O–H groups in total. The Kier molecular flexibility index (Phi) is 4.14. The summed E-state index contributed by atoms with van der Waals surface area (Å²) in [6.07, 6.45) is 8.34. The molecular weight excluding hydrogens is 212 g/mol. The molecule has 0 aromatic heterocycles. The lowest BCUT2D eigenvalue weighted by molar-refractivity contribution is 0.0475. The molecule has 2 aliphatic rings. The molecule has 0 spiro atoms. The number of hydrogen-bond donors (Lipinski definition) is 2. The second kappa shape index (κ2) is 5.27. The van der Waals surface area contributed by atoms with Crippen molar-refractivity contribution in [2.75, 3.05) is 0 Å². The van der Waals surface area contributed by atoms with E-state index >= 15 is 0 Å². The van der Waals surface area contributed by atoms with Gasteiger partial charge >= 0.3 is 0 Å². The molecule has 0 heterocycles. The summed E-state index contributed by atoms with van der Waals surface area (Å²) in [4.78, 5) is 0. The summed E-state index contributed by atoms with van der Waals surface area (Å²) < 4.78 is 0. The van der Waals surface area contributed by atoms with Crippen LogP contribution < -0.4 is 0 Å². The van der Waals surface area contributed by atoms with Gasteiger partial charge in [-0.25, -0.2) is 0 Å². The lowest BCUT2D eigenvalue weighted by Crippen LogP contribution is -2.28. The molecule has 0 aromatic carbocycles. The minimum Gasteiger partial charge on any atom is -0.393 e. The third kappa shape index (κ3) is 3.45. The number of aliphatic hydroxyl groups is 2. The highest BCUT2D eigenvalue weighted by atomic mass is 16.3. The molecule has 2 heteroatoms. The Balaban J connectivity index is 2.11. The number of fused-ring (bicyclic) bond motifs is 3. The molecule has 17 heavy (non-hydrogen) atoms. The quantitative estimate of drug-likeness (QED) is 0.683. The Morgan fingerprint density at radius 1 is 0.824 bits per heavy atom. The first-order valence-corrected chi connectivity index (χ1v) is 7.34. The third-order valence-corrected chi connectivity index (χ3v) is 5.02. The van der Waals surface area contributed by atoms with Gasteiger partial charge < -0.3 is 10.2 Å². The van der Waals surface area contributed by atoms with Crippen LogP contribution in [0.3, 0.4) is 0 Å². The highest BCUT2D eigenvalue weighted by Crippen LogP contribution is 2.39. The van der Waals surface area contributed by atoms with Gasteiger partial charge in [0.05, 0.1) is 12.2 Å². The SMILES string of the molecule is CC1(C)CCCC2CCC(CC[C@@H]2O)[C@H](O)C1. The van der Waals surface area contributed by atoms with Crippen LogP contribution in [0.15, 0.2) is 0 Å². The fraction of sp³-hybridized carbons (Fsp3) is 1.00. The van der Waals surface area contributed by atoms with Gasteiger partial charge in [0.2, 0.25) is 0 Å². The lowest BCUT2D eigenvalue weighted by Gasteiger charge is -2.32. The minimum atomic E-state index is -0.158. The normalized spacial score (nSPS) is 43.1. The van der Waals surface area contributed by atoms with E-state index in [1.165, 1.54) is 19.3 Å². The number of rotatable bonds is 0. The van der Waals surface area contributed by atoms with Crippen LogP contribution >= 0.6 is 0 Å². The van der Waals surface area contributed by atoms with Crippen molar-refractivity contribution in [3.05, 3.63) is 0 Å². The van der Waals surface area contributed by atoms with E-state index in [9.17, 15) is 10.2 Å². The van der Waals surface area contributed by atoms with Gasteiger partial charge in [0.15, 0.2) is 0 Å². The number of aliphatic hydroxyl groups excluding tert-OH is 2. The van der Waals surface area contributed by atoms with Crippen molar-refractivity contribution in [1.29, 1.82) is 0 Å². The van der Waals surface area contributed by atoms with Gasteiger partial charge in [-0.3, -0.25) is 0 Å². The maximum Gasteiger partial charge on any atom is 0.0573 e. The molecule has 0 saturated heterocycles. The van der Waals surface area contributed by atoms with Crippen molar-refractivity contribution < 1.29 is 10.2 Å². The minimum absolute atomic E-state index is 0.117. The molecule has 2 aliphatic carbocycles. The first-order valence-electron chi connectivity index (χ1n) is 7.34. The summed E-state index contributed by atoms with van der Waals surface area (Å²) in [5, 5.41) is 20.5. The van der Waals surface area contributed by atoms with Crippen LogP contribution in [0.2, 0.25) is 0 Å². The van der Waals surface area contributed by atoms with E-state index in [2.05, 4.69) is 13.8 Å². The molecular formula is C15H28O2. The van der Waals surface area contributed by atoms with Crippen LogP contribution in [0.25, 0.3) is 0 Å². The van der Waals surface area contributed by atoms with Crippen LogP contribution in [-0.2, 0) is 0 Å². The summed E-state index contributed by atoms with van der Waals surface area (Å²) >= 11 is 0. The summed E-state index contributed by atoms with van der Waals surface area (Å²) in [6.45, 7) is 4.55. The zero-order valence-corrected chi connectivity index (χ0v) is 11.4. The Morgan fingerprint density at radius 2 is 1.41 bits per heavy atom. The van der Waals surface area contributed by atoms with Gasteiger partial charge in [-0.15, -0.1) is 0 Å². The molecule has 2 fully saturated rings. The molecule has 2 rings (SSSR count).